The van der Waals surface area contributed by atoms with Gasteiger partial charge in [0, 0.05) is 6.54 Å². The smallest absolute Gasteiger partial charge is 0.240 e. The Morgan fingerprint density at radius 1 is 1.59 bits per heavy atom. The molecule has 0 heterocycles. The highest BCUT2D eigenvalue weighted by atomic mass is 19.1. The Morgan fingerprint density at radius 3 is 2.88 bits per heavy atom. The van der Waals surface area contributed by atoms with Crippen LogP contribution in [0.25, 0.3) is 0 Å². The number of rotatable bonds is 4. The van der Waals surface area contributed by atoms with Gasteiger partial charge in [-0.25, -0.2) is 4.39 Å². The standard InChI is InChI=1S/C13H17FN2O/c1-13(15,10-5-6-10)12(17)16-8-9-3-2-4-11(14)7-9/h2-4,7,10H,5-6,8,15H2,1H3,(H,16,17). The van der Waals surface area contributed by atoms with Gasteiger partial charge in [-0.1, -0.05) is 12.1 Å². The van der Waals surface area contributed by atoms with Gasteiger partial charge in [0.25, 0.3) is 0 Å². The Hall–Kier alpha value is -1.42. The van der Waals surface area contributed by atoms with Crippen LogP contribution in [-0.4, -0.2) is 11.4 Å². The van der Waals surface area contributed by atoms with E-state index >= 15 is 0 Å². The van der Waals surface area contributed by atoms with Gasteiger partial charge in [-0.15, -0.1) is 0 Å². The maximum absolute atomic E-state index is 12.9. The van der Waals surface area contributed by atoms with Crippen LogP contribution in [0.1, 0.15) is 25.3 Å². The van der Waals surface area contributed by atoms with Crippen molar-refractivity contribution in [2.75, 3.05) is 0 Å². The molecule has 0 bridgehead atoms. The first-order valence-corrected chi connectivity index (χ1v) is 5.82. The summed E-state index contributed by atoms with van der Waals surface area (Å²) in [5, 5.41) is 2.76. The molecule has 4 heteroatoms. The highest BCUT2D eigenvalue weighted by Crippen LogP contribution is 2.38. The molecule has 3 N–H and O–H groups in total. The second-order valence-electron chi connectivity index (χ2n) is 4.87. The summed E-state index contributed by atoms with van der Waals surface area (Å²) < 4.78 is 12.9. The lowest BCUT2D eigenvalue weighted by molar-refractivity contribution is -0.126. The summed E-state index contributed by atoms with van der Waals surface area (Å²) in [6, 6.07) is 6.18. The lowest BCUT2D eigenvalue weighted by Gasteiger charge is -2.23. The van der Waals surface area contributed by atoms with Crippen molar-refractivity contribution in [2.24, 2.45) is 11.7 Å². The minimum Gasteiger partial charge on any atom is -0.350 e. The molecule has 0 aromatic heterocycles. The van der Waals surface area contributed by atoms with E-state index in [2.05, 4.69) is 5.32 Å². The summed E-state index contributed by atoms with van der Waals surface area (Å²) in [4.78, 5) is 11.9. The van der Waals surface area contributed by atoms with Gasteiger partial charge in [0.15, 0.2) is 0 Å². The topological polar surface area (TPSA) is 55.1 Å². The predicted octanol–water partition coefficient (Wildman–Crippen LogP) is 1.57. The first-order chi connectivity index (χ1) is 8.00. The van der Waals surface area contributed by atoms with Gasteiger partial charge >= 0.3 is 0 Å². The zero-order valence-electron chi connectivity index (χ0n) is 9.87. The second kappa shape index (κ2) is 4.45. The van der Waals surface area contributed by atoms with Crippen LogP contribution in [-0.2, 0) is 11.3 Å². The molecule has 2 rings (SSSR count). The molecule has 0 aliphatic heterocycles. The van der Waals surface area contributed by atoms with Crippen molar-refractivity contribution < 1.29 is 9.18 Å². The predicted molar refractivity (Wildman–Crippen MR) is 63.6 cm³/mol. The Labute approximate surface area is 100 Å². The van der Waals surface area contributed by atoms with Crippen LogP contribution in [0.5, 0.6) is 0 Å². The van der Waals surface area contributed by atoms with Crippen LogP contribution in [0.2, 0.25) is 0 Å². The molecule has 1 atom stereocenters. The molecule has 17 heavy (non-hydrogen) atoms. The summed E-state index contributed by atoms with van der Waals surface area (Å²) >= 11 is 0. The van der Waals surface area contributed by atoms with Gasteiger partial charge in [-0.2, -0.15) is 0 Å². The largest absolute Gasteiger partial charge is 0.350 e. The average molecular weight is 236 g/mol. The Balaban J connectivity index is 1.92. The Morgan fingerprint density at radius 2 is 2.29 bits per heavy atom. The van der Waals surface area contributed by atoms with Crippen LogP contribution in [0.3, 0.4) is 0 Å². The molecule has 0 radical (unpaired) electrons. The maximum Gasteiger partial charge on any atom is 0.240 e. The second-order valence-corrected chi connectivity index (χ2v) is 4.87. The number of carbonyl (C=O) groups is 1. The minimum absolute atomic E-state index is 0.163. The van der Waals surface area contributed by atoms with Gasteiger partial charge in [0.2, 0.25) is 5.91 Å². The van der Waals surface area contributed by atoms with Gasteiger partial charge in [0.05, 0.1) is 5.54 Å². The lowest BCUT2D eigenvalue weighted by Crippen LogP contribution is -2.53. The molecule has 0 spiro atoms. The fraction of sp³-hybridized carbons (Fsp3) is 0.462. The van der Waals surface area contributed by atoms with Gasteiger partial charge in [-0.05, 0) is 43.4 Å². The molecular formula is C13H17FN2O. The van der Waals surface area contributed by atoms with E-state index in [1.165, 1.54) is 12.1 Å². The highest BCUT2D eigenvalue weighted by molar-refractivity contribution is 5.86. The first-order valence-electron chi connectivity index (χ1n) is 5.82. The molecule has 1 fully saturated rings. The van der Waals surface area contributed by atoms with Crippen molar-refractivity contribution in [3.8, 4) is 0 Å². The summed E-state index contributed by atoms with van der Waals surface area (Å²) in [5.74, 6) is -0.172. The molecule has 1 aromatic rings. The van der Waals surface area contributed by atoms with E-state index in [-0.39, 0.29) is 17.6 Å². The SMILES string of the molecule is CC(N)(C(=O)NCc1cccc(F)c1)C1CC1. The quantitative estimate of drug-likeness (QED) is 0.833. The van der Waals surface area contributed by atoms with E-state index in [9.17, 15) is 9.18 Å². The van der Waals surface area contributed by atoms with E-state index in [1.54, 1.807) is 19.1 Å². The molecule has 1 unspecified atom stereocenters. The molecule has 1 aromatic carbocycles. The van der Waals surface area contributed by atoms with E-state index in [4.69, 9.17) is 5.73 Å². The first kappa shape index (κ1) is 12.0. The molecule has 0 saturated heterocycles. The highest BCUT2D eigenvalue weighted by Gasteiger charge is 2.43. The van der Waals surface area contributed by atoms with Crippen LogP contribution < -0.4 is 11.1 Å². The van der Waals surface area contributed by atoms with Crippen LogP contribution in [0, 0.1) is 11.7 Å². The average Bonchev–Trinajstić information content (AvgIpc) is 3.09. The van der Waals surface area contributed by atoms with Gasteiger partial charge in [0.1, 0.15) is 5.82 Å². The Kier molecular flexibility index (Phi) is 3.15. The van der Waals surface area contributed by atoms with Crippen LogP contribution >= 0.6 is 0 Å². The number of carbonyl (C=O) groups excluding carboxylic acids is 1. The van der Waals surface area contributed by atoms with Crippen LogP contribution in [0.4, 0.5) is 4.39 Å². The summed E-state index contributed by atoms with van der Waals surface area (Å²) in [6.45, 7) is 2.07. The number of hydrogen-bond acceptors (Lipinski definition) is 2. The third-order valence-electron chi connectivity index (χ3n) is 3.26. The van der Waals surface area contributed by atoms with Crippen molar-refractivity contribution >= 4 is 5.91 Å². The Bertz CT molecular complexity index is 427. The molecule has 3 nitrogen and oxygen atoms in total. The fourth-order valence-electron chi connectivity index (χ4n) is 1.89. The number of halogens is 1. The molecule has 1 aliphatic carbocycles. The summed E-state index contributed by atoms with van der Waals surface area (Å²) in [5.41, 5.74) is 5.92. The number of amides is 1. The van der Waals surface area contributed by atoms with E-state index in [0.717, 1.165) is 18.4 Å². The van der Waals surface area contributed by atoms with Gasteiger partial charge in [-0.3, -0.25) is 4.79 Å². The maximum atomic E-state index is 12.9. The lowest BCUT2D eigenvalue weighted by atomic mass is 9.96. The van der Waals surface area contributed by atoms with Crippen molar-refractivity contribution in [1.82, 2.24) is 5.32 Å². The molecule has 92 valence electrons. The third-order valence-corrected chi connectivity index (χ3v) is 3.26. The van der Waals surface area contributed by atoms with E-state index < -0.39 is 5.54 Å². The number of benzene rings is 1. The number of hydrogen-bond donors (Lipinski definition) is 2. The van der Waals surface area contributed by atoms with Crippen molar-refractivity contribution in [3.05, 3.63) is 35.6 Å². The summed E-state index contributed by atoms with van der Waals surface area (Å²) in [7, 11) is 0. The van der Waals surface area contributed by atoms with Crippen molar-refractivity contribution in [1.29, 1.82) is 0 Å². The summed E-state index contributed by atoms with van der Waals surface area (Å²) in [6.07, 6.45) is 2.03. The fourth-order valence-corrected chi connectivity index (χ4v) is 1.89. The molecule has 1 amide bonds. The monoisotopic (exact) mass is 236 g/mol. The minimum atomic E-state index is -0.798. The van der Waals surface area contributed by atoms with Gasteiger partial charge < -0.3 is 11.1 Å². The number of nitrogens with one attached hydrogen (secondary N) is 1. The molecular weight excluding hydrogens is 219 g/mol. The molecule has 1 saturated carbocycles. The number of nitrogens with two attached hydrogens (primary N) is 1. The van der Waals surface area contributed by atoms with Crippen molar-refractivity contribution in [3.63, 3.8) is 0 Å². The zero-order chi connectivity index (χ0) is 12.5. The normalized spacial score (nSPS) is 18.5. The third kappa shape index (κ3) is 2.82. The van der Waals surface area contributed by atoms with Crippen molar-refractivity contribution in [2.45, 2.75) is 31.8 Å². The molecule has 1 aliphatic rings. The van der Waals surface area contributed by atoms with E-state index in [0.29, 0.717) is 6.54 Å². The van der Waals surface area contributed by atoms with Crippen LogP contribution in [0.15, 0.2) is 24.3 Å². The van der Waals surface area contributed by atoms with E-state index in [1.807, 2.05) is 0 Å². The zero-order valence-corrected chi connectivity index (χ0v) is 9.87.